The molecule has 1 amide bonds. The third-order valence-corrected chi connectivity index (χ3v) is 3.40. The fourth-order valence-corrected chi connectivity index (χ4v) is 2.21. The zero-order valence-corrected chi connectivity index (χ0v) is 13.1. The van der Waals surface area contributed by atoms with E-state index >= 15 is 0 Å². The quantitative estimate of drug-likeness (QED) is 0.795. The van der Waals surface area contributed by atoms with E-state index in [1.54, 1.807) is 12.0 Å². The molecular formula is C18H22N2O2. The molecule has 0 aromatic heterocycles. The van der Waals surface area contributed by atoms with Gasteiger partial charge in [0.25, 0.3) is 5.91 Å². The van der Waals surface area contributed by atoms with Gasteiger partial charge in [-0.3, -0.25) is 4.79 Å². The van der Waals surface area contributed by atoms with E-state index in [1.807, 2.05) is 61.6 Å². The monoisotopic (exact) mass is 298 g/mol. The van der Waals surface area contributed by atoms with Gasteiger partial charge in [0.2, 0.25) is 0 Å². The first kappa shape index (κ1) is 16.0. The molecule has 0 saturated carbocycles. The van der Waals surface area contributed by atoms with Crippen LogP contribution in [0.15, 0.2) is 54.6 Å². The number of nitrogens with one attached hydrogen (secondary N) is 1. The molecule has 0 unspecified atom stereocenters. The summed E-state index contributed by atoms with van der Waals surface area (Å²) in [6.07, 6.45) is 0.826. The van der Waals surface area contributed by atoms with Crippen LogP contribution in [0.25, 0.3) is 0 Å². The van der Waals surface area contributed by atoms with Crippen molar-refractivity contribution in [3.63, 3.8) is 0 Å². The zero-order chi connectivity index (χ0) is 15.8. The fraction of sp³-hybridized carbons (Fsp3) is 0.278. The molecule has 0 heterocycles. The van der Waals surface area contributed by atoms with Gasteiger partial charge in [0.05, 0.1) is 11.3 Å². The third kappa shape index (κ3) is 4.33. The summed E-state index contributed by atoms with van der Waals surface area (Å²) in [7, 11) is 3.48. The molecule has 4 nitrogen and oxygen atoms in total. The Labute approximate surface area is 131 Å². The van der Waals surface area contributed by atoms with Gasteiger partial charge in [-0.1, -0.05) is 30.3 Å². The Morgan fingerprint density at radius 3 is 2.50 bits per heavy atom. The number of hydrogen-bond donors (Lipinski definition) is 1. The molecule has 0 fully saturated rings. The van der Waals surface area contributed by atoms with Crippen LogP contribution in [0.1, 0.15) is 16.8 Å². The van der Waals surface area contributed by atoms with E-state index in [4.69, 9.17) is 4.74 Å². The first-order valence-corrected chi connectivity index (χ1v) is 7.38. The summed E-state index contributed by atoms with van der Waals surface area (Å²) >= 11 is 0. The van der Waals surface area contributed by atoms with Gasteiger partial charge >= 0.3 is 0 Å². The standard InChI is InChI=1S/C18H22N2O2/c1-20(13-8-14-22-2)18(21)16-11-6-7-12-17(16)19-15-9-4-3-5-10-15/h3-7,9-12,19H,8,13-14H2,1-2H3. The van der Waals surface area contributed by atoms with Gasteiger partial charge in [0.15, 0.2) is 0 Å². The van der Waals surface area contributed by atoms with Gasteiger partial charge in [0, 0.05) is 33.0 Å². The predicted octanol–water partition coefficient (Wildman–Crippen LogP) is 3.54. The summed E-state index contributed by atoms with van der Waals surface area (Å²) < 4.78 is 5.03. The normalized spacial score (nSPS) is 10.3. The second-order valence-electron chi connectivity index (χ2n) is 5.11. The van der Waals surface area contributed by atoms with Crippen molar-refractivity contribution in [3.05, 3.63) is 60.2 Å². The highest BCUT2D eigenvalue weighted by atomic mass is 16.5. The van der Waals surface area contributed by atoms with Crippen LogP contribution in [-0.2, 0) is 4.74 Å². The third-order valence-electron chi connectivity index (χ3n) is 3.40. The average molecular weight is 298 g/mol. The smallest absolute Gasteiger partial charge is 0.255 e. The van der Waals surface area contributed by atoms with Crippen molar-refractivity contribution in [2.24, 2.45) is 0 Å². The van der Waals surface area contributed by atoms with Crippen LogP contribution in [0, 0.1) is 0 Å². The van der Waals surface area contributed by atoms with Crippen LogP contribution in [0.3, 0.4) is 0 Å². The van der Waals surface area contributed by atoms with E-state index in [1.165, 1.54) is 0 Å². The maximum absolute atomic E-state index is 12.6. The van der Waals surface area contributed by atoms with E-state index in [0.29, 0.717) is 18.7 Å². The molecule has 0 saturated heterocycles. The summed E-state index contributed by atoms with van der Waals surface area (Å²) in [4.78, 5) is 14.3. The van der Waals surface area contributed by atoms with E-state index in [2.05, 4.69) is 5.32 Å². The molecule has 22 heavy (non-hydrogen) atoms. The van der Waals surface area contributed by atoms with E-state index in [9.17, 15) is 4.79 Å². The largest absolute Gasteiger partial charge is 0.385 e. The molecular weight excluding hydrogens is 276 g/mol. The number of carbonyl (C=O) groups excluding carboxylic acids is 1. The number of nitrogens with zero attached hydrogens (tertiary/aromatic N) is 1. The Morgan fingerprint density at radius 1 is 1.09 bits per heavy atom. The van der Waals surface area contributed by atoms with Crippen molar-refractivity contribution in [1.82, 2.24) is 4.90 Å². The Kier molecular flexibility index (Phi) is 5.98. The lowest BCUT2D eigenvalue weighted by Crippen LogP contribution is -2.28. The van der Waals surface area contributed by atoms with Gasteiger partial charge < -0.3 is 15.0 Å². The van der Waals surface area contributed by atoms with Crippen molar-refractivity contribution in [1.29, 1.82) is 0 Å². The Hall–Kier alpha value is -2.33. The zero-order valence-electron chi connectivity index (χ0n) is 13.1. The molecule has 0 aliphatic heterocycles. The number of amides is 1. The molecule has 2 rings (SSSR count). The van der Waals surface area contributed by atoms with Crippen LogP contribution < -0.4 is 5.32 Å². The Balaban J connectivity index is 2.12. The van der Waals surface area contributed by atoms with Gasteiger partial charge in [-0.05, 0) is 30.7 Å². The minimum Gasteiger partial charge on any atom is -0.385 e. The number of ether oxygens (including phenoxy) is 1. The first-order chi connectivity index (χ1) is 10.7. The highest BCUT2D eigenvalue weighted by Crippen LogP contribution is 2.21. The van der Waals surface area contributed by atoms with E-state index in [-0.39, 0.29) is 5.91 Å². The van der Waals surface area contributed by atoms with Gasteiger partial charge in [0.1, 0.15) is 0 Å². The lowest BCUT2D eigenvalue weighted by molar-refractivity contribution is 0.0780. The van der Waals surface area contributed by atoms with Gasteiger partial charge in [-0.15, -0.1) is 0 Å². The molecule has 1 N–H and O–H groups in total. The second kappa shape index (κ2) is 8.20. The molecule has 0 atom stereocenters. The summed E-state index contributed by atoms with van der Waals surface area (Å²) in [6, 6.07) is 17.4. The van der Waals surface area contributed by atoms with Gasteiger partial charge in [-0.25, -0.2) is 0 Å². The molecule has 0 bridgehead atoms. The van der Waals surface area contributed by atoms with Crippen LogP contribution in [0.5, 0.6) is 0 Å². The maximum atomic E-state index is 12.6. The van der Waals surface area contributed by atoms with Crippen molar-refractivity contribution in [2.75, 3.05) is 32.6 Å². The molecule has 116 valence electrons. The molecule has 4 heteroatoms. The van der Waals surface area contributed by atoms with Gasteiger partial charge in [-0.2, -0.15) is 0 Å². The molecule has 2 aromatic carbocycles. The number of anilines is 2. The lowest BCUT2D eigenvalue weighted by Gasteiger charge is -2.19. The summed E-state index contributed by atoms with van der Waals surface area (Å²) in [5.74, 6) is 0.00938. The van der Waals surface area contributed by atoms with Crippen molar-refractivity contribution < 1.29 is 9.53 Å². The Morgan fingerprint density at radius 2 is 1.77 bits per heavy atom. The summed E-state index contributed by atoms with van der Waals surface area (Å²) in [5, 5.41) is 3.30. The summed E-state index contributed by atoms with van der Waals surface area (Å²) in [5.41, 5.74) is 2.45. The molecule has 2 aromatic rings. The van der Waals surface area contributed by atoms with Crippen molar-refractivity contribution >= 4 is 17.3 Å². The van der Waals surface area contributed by atoms with Crippen molar-refractivity contribution in [2.45, 2.75) is 6.42 Å². The van der Waals surface area contributed by atoms with E-state index < -0.39 is 0 Å². The van der Waals surface area contributed by atoms with Crippen LogP contribution in [-0.4, -0.2) is 38.1 Å². The summed E-state index contributed by atoms with van der Waals surface area (Å²) in [6.45, 7) is 1.33. The minimum atomic E-state index is 0.00938. The topological polar surface area (TPSA) is 41.6 Å². The Bertz CT molecular complexity index is 599. The highest BCUT2D eigenvalue weighted by Gasteiger charge is 2.15. The average Bonchev–Trinajstić information content (AvgIpc) is 2.56. The number of benzene rings is 2. The number of carbonyl (C=O) groups is 1. The number of para-hydroxylation sites is 2. The fourth-order valence-electron chi connectivity index (χ4n) is 2.21. The second-order valence-corrected chi connectivity index (χ2v) is 5.11. The molecule has 0 spiro atoms. The molecule has 0 aliphatic carbocycles. The van der Waals surface area contributed by atoms with E-state index in [0.717, 1.165) is 17.8 Å². The molecule has 0 radical (unpaired) electrons. The lowest BCUT2D eigenvalue weighted by atomic mass is 10.1. The predicted molar refractivity (Wildman–Crippen MR) is 89.6 cm³/mol. The SMILES string of the molecule is COCCCN(C)C(=O)c1ccccc1Nc1ccccc1. The molecule has 0 aliphatic rings. The maximum Gasteiger partial charge on any atom is 0.255 e. The van der Waals surface area contributed by atoms with Crippen LogP contribution in [0.2, 0.25) is 0 Å². The number of rotatable bonds is 7. The minimum absolute atomic E-state index is 0.00938. The highest BCUT2D eigenvalue weighted by molar-refractivity contribution is 6.00. The number of methoxy groups -OCH3 is 1. The number of hydrogen-bond acceptors (Lipinski definition) is 3. The van der Waals surface area contributed by atoms with Crippen LogP contribution >= 0.6 is 0 Å². The van der Waals surface area contributed by atoms with Crippen LogP contribution in [0.4, 0.5) is 11.4 Å². The van der Waals surface area contributed by atoms with Crippen molar-refractivity contribution in [3.8, 4) is 0 Å². The first-order valence-electron chi connectivity index (χ1n) is 7.38.